The molecule has 40 heavy (non-hydrogen) atoms. The normalized spacial score (nSPS) is 16.4. The Morgan fingerprint density at radius 3 is 2.40 bits per heavy atom. The fourth-order valence-electron chi connectivity index (χ4n) is 4.55. The number of thioether (sulfide) groups is 1. The molecular weight excluding hydrogens is 522 g/mol. The summed E-state index contributed by atoms with van der Waals surface area (Å²) >= 11 is 1.23. The van der Waals surface area contributed by atoms with Crippen LogP contribution in [0.25, 0.3) is 0 Å². The van der Waals surface area contributed by atoms with E-state index in [0.717, 1.165) is 23.2 Å². The Balaban J connectivity index is 1.32. The van der Waals surface area contributed by atoms with E-state index in [4.69, 9.17) is 4.99 Å². The molecule has 5 rings (SSSR count). The van der Waals surface area contributed by atoms with Gasteiger partial charge in [0.15, 0.2) is 5.17 Å². The van der Waals surface area contributed by atoms with E-state index in [1.807, 2.05) is 85.8 Å². The molecule has 2 N–H and O–H groups in total. The van der Waals surface area contributed by atoms with Crippen LogP contribution in [0.2, 0.25) is 0 Å². The van der Waals surface area contributed by atoms with Gasteiger partial charge >= 0.3 is 0 Å². The minimum Gasteiger partial charge on any atom is -0.352 e. The summed E-state index contributed by atoms with van der Waals surface area (Å²) in [7, 11) is 0. The zero-order valence-corrected chi connectivity index (χ0v) is 23.3. The Hall–Kier alpha value is -4.24. The maximum Gasteiger partial charge on any atom is 0.259 e. The first-order valence-corrected chi connectivity index (χ1v) is 14.3. The summed E-state index contributed by atoms with van der Waals surface area (Å²) in [5.74, 6) is -0.286. The standard InChI is InChI=1S/C31H31N5O3S/c1-3-20-14-16-22(17-15-20)33-29(38)26(4-2)40-31-35-24-13-9-8-12-23(24)28-34-25(30(39)36(28)31)18-27(37)32-19-21-10-6-5-7-11-21/h5-17,25-26H,3-4,18-19H2,1-2H3,(H,32,37)(H,33,38). The lowest BCUT2D eigenvalue weighted by molar-refractivity contribution is -0.128. The van der Waals surface area contributed by atoms with E-state index in [9.17, 15) is 14.4 Å². The molecule has 204 valence electrons. The van der Waals surface area contributed by atoms with E-state index in [2.05, 4.69) is 22.5 Å². The average molecular weight is 554 g/mol. The van der Waals surface area contributed by atoms with Crippen molar-refractivity contribution < 1.29 is 14.4 Å². The summed E-state index contributed by atoms with van der Waals surface area (Å²) < 4.78 is 0. The minimum absolute atomic E-state index is 0.0722. The summed E-state index contributed by atoms with van der Waals surface area (Å²) in [6.07, 6.45) is 1.38. The SMILES string of the molecule is CCc1ccc(NC(=O)C(CC)SC2=Nc3ccccc3C3=NC(CC(=O)NCc4ccccc4)C(=O)N23)cc1. The van der Waals surface area contributed by atoms with Gasteiger partial charge in [-0.2, -0.15) is 0 Å². The molecule has 0 saturated carbocycles. The monoisotopic (exact) mass is 553 g/mol. The minimum atomic E-state index is -0.867. The van der Waals surface area contributed by atoms with Crippen LogP contribution in [0.3, 0.4) is 0 Å². The third-order valence-electron chi connectivity index (χ3n) is 6.80. The van der Waals surface area contributed by atoms with Crippen molar-refractivity contribution in [2.75, 3.05) is 5.32 Å². The van der Waals surface area contributed by atoms with Crippen molar-refractivity contribution in [3.05, 3.63) is 95.6 Å². The molecule has 8 nitrogen and oxygen atoms in total. The number of hydrogen-bond donors (Lipinski definition) is 2. The highest BCUT2D eigenvalue weighted by atomic mass is 32.2. The number of fused-ring (bicyclic) bond motifs is 3. The molecule has 2 heterocycles. The summed E-state index contributed by atoms with van der Waals surface area (Å²) in [6.45, 7) is 4.38. The van der Waals surface area contributed by atoms with Crippen molar-refractivity contribution in [3.63, 3.8) is 0 Å². The summed E-state index contributed by atoms with van der Waals surface area (Å²) in [5.41, 5.74) is 4.28. The van der Waals surface area contributed by atoms with Gasteiger partial charge in [0, 0.05) is 17.8 Å². The molecule has 3 aromatic rings. The smallest absolute Gasteiger partial charge is 0.259 e. The van der Waals surface area contributed by atoms with Gasteiger partial charge in [0.25, 0.3) is 5.91 Å². The highest BCUT2D eigenvalue weighted by Crippen LogP contribution is 2.35. The van der Waals surface area contributed by atoms with Crippen LogP contribution >= 0.6 is 11.8 Å². The molecule has 0 saturated heterocycles. The Kier molecular flexibility index (Phi) is 8.40. The van der Waals surface area contributed by atoms with Gasteiger partial charge in [-0.15, -0.1) is 0 Å². The molecule has 3 amide bonds. The largest absolute Gasteiger partial charge is 0.352 e. The van der Waals surface area contributed by atoms with Gasteiger partial charge in [0.1, 0.15) is 11.9 Å². The maximum absolute atomic E-state index is 13.6. The van der Waals surface area contributed by atoms with Gasteiger partial charge in [0.2, 0.25) is 11.8 Å². The summed E-state index contributed by atoms with van der Waals surface area (Å²) in [5, 5.41) is 5.76. The van der Waals surface area contributed by atoms with Gasteiger partial charge in [-0.3, -0.25) is 19.4 Å². The molecule has 0 fully saturated rings. The van der Waals surface area contributed by atoms with Crippen molar-refractivity contribution in [1.29, 1.82) is 0 Å². The van der Waals surface area contributed by atoms with E-state index in [0.29, 0.717) is 29.7 Å². The van der Waals surface area contributed by atoms with Crippen LogP contribution < -0.4 is 10.6 Å². The molecule has 2 aliphatic rings. The number of carbonyl (C=O) groups excluding carboxylic acids is 3. The van der Waals surface area contributed by atoms with E-state index in [1.54, 1.807) is 0 Å². The van der Waals surface area contributed by atoms with E-state index in [-0.39, 0.29) is 24.1 Å². The third kappa shape index (κ3) is 5.99. The second kappa shape index (κ2) is 12.3. The highest BCUT2D eigenvalue weighted by molar-refractivity contribution is 8.15. The number of aryl methyl sites for hydroxylation is 1. The first-order chi connectivity index (χ1) is 19.5. The average Bonchev–Trinajstić information content (AvgIpc) is 3.31. The van der Waals surface area contributed by atoms with Crippen molar-refractivity contribution in [1.82, 2.24) is 10.2 Å². The van der Waals surface area contributed by atoms with Crippen molar-refractivity contribution >= 4 is 51.9 Å². The number of carbonyl (C=O) groups is 3. The van der Waals surface area contributed by atoms with Crippen LogP contribution in [0.4, 0.5) is 11.4 Å². The highest BCUT2D eigenvalue weighted by Gasteiger charge is 2.43. The lowest BCUT2D eigenvalue weighted by Crippen LogP contribution is -2.43. The van der Waals surface area contributed by atoms with Gasteiger partial charge in [-0.1, -0.05) is 80.2 Å². The van der Waals surface area contributed by atoms with Gasteiger partial charge in [-0.05, 0) is 48.2 Å². The molecule has 0 aromatic heterocycles. The van der Waals surface area contributed by atoms with E-state index >= 15 is 0 Å². The van der Waals surface area contributed by atoms with Crippen LogP contribution in [-0.4, -0.2) is 44.9 Å². The molecule has 2 aliphatic heterocycles. The number of benzene rings is 3. The van der Waals surface area contributed by atoms with Crippen molar-refractivity contribution in [2.45, 2.75) is 50.9 Å². The predicted molar refractivity (Wildman–Crippen MR) is 160 cm³/mol. The third-order valence-corrected chi connectivity index (χ3v) is 8.12. The maximum atomic E-state index is 13.6. The van der Waals surface area contributed by atoms with E-state index in [1.165, 1.54) is 22.2 Å². The Bertz CT molecular complexity index is 1470. The topological polar surface area (TPSA) is 103 Å². The zero-order valence-electron chi connectivity index (χ0n) is 22.5. The van der Waals surface area contributed by atoms with E-state index < -0.39 is 11.3 Å². The number of nitrogens with one attached hydrogen (secondary N) is 2. The van der Waals surface area contributed by atoms with Crippen molar-refractivity contribution in [2.24, 2.45) is 9.98 Å². The molecular formula is C31H31N5O3S. The quantitative estimate of drug-likeness (QED) is 0.386. The molecule has 2 atom stereocenters. The molecule has 0 radical (unpaired) electrons. The number of nitrogens with zero attached hydrogens (tertiary/aromatic N) is 3. The Morgan fingerprint density at radius 2 is 1.68 bits per heavy atom. The lowest BCUT2D eigenvalue weighted by Gasteiger charge is -2.27. The number of amidine groups is 2. The fraction of sp³-hybridized carbons (Fsp3) is 0.258. The molecule has 3 aromatic carbocycles. The number of amides is 3. The first-order valence-electron chi connectivity index (χ1n) is 13.4. The van der Waals surface area contributed by atoms with Gasteiger partial charge in [0.05, 0.1) is 17.4 Å². The predicted octanol–water partition coefficient (Wildman–Crippen LogP) is 5.06. The lowest BCUT2D eigenvalue weighted by atomic mass is 10.1. The molecule has 0 spiro atoms. The molecule has 9 heteroatoms. The van der Waals surface area contributed by atoms with Gasteiger partial charge in [-0.25, -0.2) is 9.89 Å². The first kappa shape index (κ1) is 27.3. The van der Waals surface area contributed by atoms with Gasteiger partial charge < -0.3 is 10.6 Å². The number of anilines is 1. The Morgan fingerprint density at radius 1 is 0.950 bits per heavy atom. The van der Waals surface area contributed by atoms with Crippen LogP contribution in [0.1, 0.15) is 43.4 Å². The van der Waals surface area contributed by atoms with Crippen molar-refractivity contribution in [3.8, 4) is 0 Å². The fourth-order valence-corrected chi connectivity index (χ4v) is 5.57. The number of hydrogen-bond acceptors (Lipinski definition) is 6. The van der Waals surface area contributed by atoms with Crippen LogP contribution in [-0.2, 0) is 27.3 Å². The number of aliphatic imine (C=N–C) groups is 2. The zero-order chi connectivity index (χ0) is 28.1. The van der Waals surface area contributed by atoms with Crippen LogP contribution in [0, 0.1) is 0 Å². The summed E-state index contributed by atoms with van der Waals surface area (Å²) in [6, 6.07) is 24.0. The molecule has 0 bridgehead atoms. The number of rotatable bonds is 9. The second-order valence-electron chi connectivity index (χ2n) is 9.57. The Labute approximate surface area is 238 Å². The van der Waals surface area contributed by atoms with Crippen LogP contribution in [0.5, 0.6) is 0 Å². The molecule has 0 aliphatic carbocycles. The van der Waals surface area contributed by atoms with Crippen LogP contribution in [0.15, 0.2) is 88.8 Å². The summed E-state index contributed by atoms with van der Waals surface area (Å²) in [4.78, 5) is 50.4. The number of para-hydroxylation sites is 1. The second-order valence-corrected chi connectivity index (χ2v) is 10.7. The molecule has 2 unspecified atom stereocenters.